The quantitative estimate of drug-likeness (QED) is 0.648. The Kier molecular flexibility index (Phi) is 7.89. The molecule has 0 aromatic rings. The predicted octanol–water partition coefficient (Wildman–Crippen LogP) is 3.15. The zero-order chi connectivity index (χ0) is 17.5. The summed E-state index contributed by atoms with van der Waals surface area (Å²) in [5, 5.41) is 0. The lowest BCUT2D eigenvalue weighted by molar-refractivity contribution is -0.131. The van der Waals surface area contributed by atoms with Crippen molar-refractivity contribution in [2.24, 2.45) is 11.8 Å². The molecule has 24 heavy (non-hydrogen) atoms. The van der Waals surface area contributed by atoms with Crippen LogP contribution < -0.4 is 0 Å². The van der Waals surface area contributed by atoms with E-state index in [1.165, 1.54) is 0 Å². The first-order chi connectivity index (χ1) is 11.6. The molecule has 0 amide bonds. The average molecular weight is 337 g/mol. The van der Waals surface area contributed by atoms with Gasteiger partial charge in [0, 0.05) is 56.9 Å². The van der Waals surface area contributed by atoms with E-state index >= 15 is 0 Å². The number of unbranched alkanes of at least 4 members (excludes halogenated alkanes) is 2. The maximum absolute atomic E-state index is 12.7. The van der Waals surface area contributed by atoms with Crippen LogP contribution in [0.1, 0.15) is 65.2 Å². The van der Waals surface area contributed by atoms with Gasteiger partial charge in [0.1, 0.15) is 11.6 Å². The molecule has 138 valence electrons. The van der Waals surface area contributed by atoms with Gasteiger partial charge in [0.2, 0.25) is 0 Å². The summed E-state index contributed by atoms with van der Waals surface area (Å²) in [5.74, 6) is 0.683. The van der Waals surface area contributed by atoms with E-state index in [1.54, 1.807) is 0 Å². The lowest BCUT2D eigenvalue weighted by Gasteiger charge is -2.36. The minimum absolute atomic E-state index is 0.00874. The average Bonchev–Trinajstić information content (AvgIpc) is 3.03. The Morgan fingerprint density at radius 1 is 0.833 bits per heavy atom. The van der Waals surface area contributed by atoms with Crippen molar-refractivity contribution in [2.75, 3.05) is 33.2 Å². The summed E-state index contributed by atoms with van der Waals surface area (Å²) in [4.78, 5) is 30.3. The van der Waals surface area contributed by atoms with Crippen molar-refractivity contribution in [2.45, 2.75) is 71.3 Å². The number of Topliss-reactive ketones (excluding diaryl/α,β-unsaturated/α-hetero) is 2. The third kappa shape index (κ3) is 5.13. The van der Waals surface area contributed by atoms with Gasteiger partial charge in [0.05, 0.1) is 0 Å². The van der Waals surface area contributed by atoms with E-state index < -0.39 is 0 Å². The minimum atomic E-state index is -0.00874. The van der Waals surface area contributed by atoms with Crippen LogP contribution in [0.3, 0.4) is 0 Å². The zero-order valence-electron chi connectivity index (χ0n) is 15.9. The second-order valence-electron chi connectivity index (χ2n) is 7.82. The van der Waals surface area contributed by atoms with E-state index in [-0.39, 0.29) is 11.8 Å². The van der Waals surface area contributed by atoms with Gasteiger partial charge in [-0.2, -0.15) is 0 Å². The number of hydrogen-bond donors (Lipinski definition) is 0. The second kappa shape index (κ2) is 9.67. The first-order valence-electron chi connectivity index (χ1n) is 10.0. The smallest absolute Gasteiger partial charge is 0.136 e. The fraction of sp³-hybridized carbons (Fsp3) is 0.900. The molecule has 0 aromatic carbocycles. The lowest BCUT2D eigenvalue weighted by Crippen LogP contribution is -2.48. The number of likely N-dealkylation sites (N-methyl/N-ethyl adjacent to an activating group) is 1. The number of hydrogen-bond acceptors (Lipinski definition) is 4. The molecular formula is C20H36N2O2. The van der Waals surface area contributed by atoms with Crippen molar-refractivity contribution in [1.29, 1.82) is 0 Å². The lowest BCUT2D eigenvalue weighted by atomic mass is 9.85. The molecule has 1 aliphatic carbocycles. The van der Waals surface area contributed by atoms with Crippen molar-refractivity contribution in [3.63, 3.8) is 0 Å². The highest BCUT2D eigenvalue weighted by Gasteiger charge is 2.43. The predicted molar refractivity (Wildman–Crippen MR) is 98.1 cm³/mol. The standard InChI is InChI=1S/C20H36N2O2/c1-4-6-8-19(23)17-14-16(22-12-10-21(3)11-13-22)15-18(17)20(24)9-7-5-2/h16-18H,4-15H2,1-3H3/t17-,18-/m1/s1. The number of piperazine rings is 1. The maximum Gasteiger partial charge on any atom is 0.136 e. The van der Waals surface area contributed by atoms with E-state index in [4.69, 9.17) is 0 Å². The molecule has 4 nitrogen and oxygen atoms in total. The van der Waals surface area contributed by atoms with Gasteiger partial charge in [-0.1, -0.05) is 26.7 Å². The monoisotopic (exact) mass is 336 g/mol. The zero-order valence-corrected chi connectivity index (χ0v) is 15.9. The van der Waals surface area contributed by atoms with Crippen LogP contribution in [0.25, 0.3) is 0 Å². The summed E-state index contributed by atoms with van der Waals surface area (Å²) in [5.41, 5.74) is 0. The summed E-state index contributed by atoms with van der Waals surface area (Å²) >= 11 is 0. The van der Waals surface area contributed by atoms with Crippen LogP contribution in [0.15, 0.2) is 0 Å². The third-order valence-electron chi connectivity index (χ3n) is 5.97. The summed E-state index contributed by atoms with van der Waals surface area (Å²) < 4.78 is 0. The van der Waals surface area contributed by atoms with Crippen LogP contribution in [-0.2, 0) is 9.59 Å². The molecule has 1 saturated carbocycles. The molecule has 0 aromatic heterocycles. The van der Waals surface area contributed by atoms with Gasteiger partial charge in [-0.3, -0.25) is 14.5 Å². The molecule has 2 atom stereocenters. The van der Waals surface area contributed by atoms with Gasteiger partial charge in [-0.05, 0) is 32.7 Å². The minimum Gasteiger partial charge on any atom is -0.304 e. The SMILES string of the molecule is CCCCC(=O)[C@@H]1CC(N2CCN(C)CC2)C[C@H]1C(=O)CCCC. The topological polar surface area (TPSA) is 40.6 Å². The van der Waals surface area contributed by atoms with Crippen LogP contribution in [-0.4, -0.2) is 60.6 Å². The molecule has 0 bridgehead atoms. The number of rotatable bonds is 9. The van der Waals surface area contributed by atoms with Crippen molar-refractivity contribution in [3.05, 3.63) is 0 Å². The second-order valence-corrected chi connectivity index (χ2v) is 7.82. The molecule has 1 aliphatic heterocycles. The molecule has 1 heterocycles. The fourth-order valence-electron chi connectivity index (χ4n) is 4.28. The molecule has 2 rings (SSSR count). The van der Waals surface area contributed by atoms with Gasteiger partial charge >= 0.3 is 0 Å². The van der Waals surface area contributed by atoms with E-state index in [1.807, 2.05) is 0 Å². The van der Waals surface area contributed by atoms with Gasteiger partial charge in [-0.15, -0.1) is 0 Å². The molecular weight excluding hydrogens is 300 g/mol. The molecule has 0 unspecified atom stereocenters. The Morgan fingerprint density at radius 2 is 1.29 bits per heavy atom. The first kappa shape index (κ1) is 19.6. The molecule has 0 radical (unpaired) electrons. The number of carbonyl (C=O) groups excluding carboxylic acids is 2. The highest BCUT2D eigenvalue weighted by atomic mass is 16.1. The largest absolute Gasteiger partial charge is 0.304 e. The fourth-order valence-corrected chi connectivity index (χ4v) is 4.28. The molecule has 4 heteroatoms. The summed E-state index contributed by atoms with van der Waals surface area (Å²) in [7, 11) is 2.17. The Hall–Kier alpha value is -0.740. The Morgan fingerprint density at radius 3 is 1.71 bits per heavy atom. The summed E-state index contributed by atoms with van der Waals surface area (Å²) in [6.07, 6.45) is 7.17. The third-order valence-corrected chi connectivity index (χ3v) is 5.97. The van der Waals surface area contributed by atoms with Crippen LogP contribution in [0.2, 0.25) is 0 Å². The summed E-state index contributed by atoms with van der Waals surface area (Å²) in [6.45, 7) is 8.59. The number of carbonyl (C=O) groups is 2. The number of ketones is 2. The van der Waals surface area contributed by atoms with Crippen molar-refractivity contribution in [1.82, 2.24) is 9.80 Å². The van der Waals surface area contributed by atoms with E-state index in [0.717, 1.165) is 64.7 Å². The molecule has 2 aliphatic rings. The number of nitrogens with zero attached hydrogens (tertiary/aromatic N) is 2. The molecule has 0 N–H and O–H groups in total. The van der Waals surface area contributed by atoms with E-state index in [9.17, 15) is 9.59 Å². The van der Waals surface area contributed by atoms with Crippen LogP contribution in [0.4, 0.5) is 0 Å². The van der Waals surface area contributed by atoms with Crippen molar-refractivity contribution >= 4 is 11.6 Å². The molecule has 1 saturated heterocycles. The molecule has 0 spiro atoms. The van der Waals surface area contributed by atoms with Crippen LogP contribution in [0, 0.1) is 11.8 Å². The van der Waals surface area contributed by atoms with Gasteiger partial charge < -0.3 is 4.90 Å². The first-order valence-corrected chi connectivity index (χ1v) is 10.0. The Labute approximate surface area is 148 Å². The van der Waals surface area contributed by atoms with Gasteiger partial charge in [0.15, 0.2) is 0 Å². The highest BCUT2D eigenvalue weighted by molar-refractivity contribution is 5.90. The van der Waals surface area contributed by atoms with Crippen LogP contribution in [0.5, 0.6) is 0 Å². The Balaban J connectivity index is 2.01. The van der Waals surface area contributed by atoms with Crippen LogP contribution >= 0.6 is 0 Å². The normalized spacial score (nSPS) is 26.8. The van der Waals surface area contributed by atoms with Gasteiger partial charge in [0.25, 0.3) is 0 Å². The van der Waals surface area contributed by atoms with E-state index in [2.05, 4.69) is 30.7 Å². The maximum atomic E-state index is 12.7. The van der Waals surface area contributed by atoms with Crippen molar-refractivity contribution < 1.29 is 9.59 Å². The van der Waals surface area contributed by atoms with Crippen molar-refractivity contribution in [3.8, 4) is 0 Å². The van der Waals surface area contributed by atoms with E-state index in [0.29, 0.717) is 30.4 Å². The highest BCUT2D eigenvalue weighted by Crippen LogP contribution is 2.38. The molecule has 2 fully saturated rings. The Bertz CT molecular complexity index is 388. The van der Waals surface area contributed by atoms with Gasteiger partial charge in [-0.25, -0.2) is 0 Å². The summed E-state index contributed by atoms with van der Waals surface area (Å²) in [6, 6.07) is 0.435.